The van der Waals surface area contributed by atoms with Gasteiger partial charge in [-0.15, -0.1) is 0 Å². The van der Waals surface area contributed by atoms with Crippen LogP contribution in [0.3, 0.4) is 0 Å². The first-order valence-corrected chi connectivity index (χ1v) is 7.92. The standard InChI is InChI=1S/C17H16NO.C3H9N.BrH/c1-3-11-18-13(2)19-17-10-9-15(12-16(17)18)14-7-5-4-6-8-14;1-4(2)3;/h4-10,12H,1-3,11H2;1-3H3;1H/q-1;;. The Bertz CT molecular complexity index is 653. The normalized spacial score (nSPS) is 12.0. The summed E-state index contributed by atoms with van der Waals surface area (Å²) in [5.41, 5.74) is 3.47. The van der Waals surface area contributed by atoms with Gasteiger partial charge >= 0.3 is 0 Å². The fraction of sp³-hybridized carbons (Fsp3) is 0.250. The molecule has 0 atom stereocenters. The van der Waals surface area contributed by atoms with E-state index in [1.54, 1.807) is 0 Å². The van der Waals surface area contributed by atoms with E-state index in [0.717, 1.165) is 24.4 Å². The van der Waals surface area contributed by atoms with Gasteiger partial charge in [-0.1, -0.05) is 36.4 Å². The summed E-state index contributed by atoms with van der Waals surface area (Å²) in [6, 6.07) is 16.6. The van der Waals surface area contributed by atoms with Gasteiger partial charge < -0.3 is 38.4 Å². The van der Waals surface area contributed by atoms with Crippen molar-refractivity contribution in [1.29, 1.82) is 0 Å². The van der Waals surface area contributed by atoms with Gasteiger partial charge in [0.15, 0.2) is 11.6 Å². The second kappa shape index (κ2) is 9.50. The van der Waals surface area contributed by atoms with Crippen LogP contribution in [0.25, 0.3) is 11.1 Å². The number of fused-ring (bicyclic) bond motifs is 1. The number of nitrogens with one attached hydrogen (secondary N) is 1. The lowest BCUT2D eigenvalue weighted by Crippen LogP contribution is -3.02. The van der Waals surface area contributed by atoms with E-state index in [1.165, 1.54) is 16.0 Å². The molecule has 1 aliphatic heterocycles. The van der Waals surface area contributed by atoms with Gasteiger partial charge in [0.1, 0.15) is 0 Å². The Balaban J connectivity index is 0.000000522. The molecule has 1 N–H and O–H groups in total. The van der Waals surface area contributed by atoms with Crippen LogP contribution in [0.2, 0.25) is 0 Å². The number of hydrogen-bond acceptors (Lipinski definition) is 2. The van der Waals surface area contributed by atoms with E-state index in [-0.39, 0.29) is 17.0 Å². The maximum Gasteiger partial charge on any atom is 0.193 e. The highest BCUT2D eigenvalue weighted by atomic mass is 79.9. The van der Waals surface area contributed by atoms with Gasteiger partial charge in [0.05, 0.1) is 26.8 Å². The summed E-state index contributed by atoms with van der Waals surface area (Å²) in [7, 11) is 6.25. The summed E-state index contributed by atoms with van der Waals surface area (Å²) in [5.74, 6) is 1.56. The SMILES string of the molecule is C=C1Oc2ccc(-c3ccccc3)cc2N1CC[CH2-].C[NH+](C)C.[Br-]. The summed E-state index contributed by atoms with van der Waals surface area (Å²) in [5, 5.41) is 0. The highest BCUT2D eigenvalue weighted by Gasteiger charge is 2.23. The highest BCUT2D eigenvalue weighted by molar-refractivity contribution is 5.75. The molecule has 0 aromatic heterocycles. The molecule has 0 radical (unpaired) electrons. The molecule has 0 aliphatic carbocycles. The van der Waals surface area contributed by atoms with Gasteiger partial charge in [-0.25, -0.2) is 0 Å². The summed E-state index contributed by atoms with van der Waals surface area (Å²) in [6.45, 7) is 8.67. The molecule has 0 amide bonds. The summed E-state index contributed by atoms with van der Waals surface area (Å²) >= 11 is 0. The van der Waals surface area contributed by atoms with Crippen LogP contribution in [0, 0.1) is 6.92 Å². The van der Waals surface area contributed by atoms with Crippen molar-refractivity contribution in [2.45, 2.75) is 6.42 Å². The second-order valence-corrected chi connectivity index (χ2v) is 6.05. The molecular formula is C20H26BrN2O-. The molecule has 3 rings (SSSR count). The largest absolute Gasteiger partial charge is 1.00 e. The van der Waals surface area contributed by atoms with Crippen LogP contribution < -0.4 is 31.5 Å². The Morgan fingerprint density at radius 1 is 1.04 bits per heavy atom. The monoisotopic (exact) mass is 389 g/mol. The smallest absolute Gasteiger partial charge is 0.193 e. The quantitative estimate of drug-likeness (QED) is 0.744. The van der Waals surface area contributed by atoms with Gasteiger partial charge in [0, 0.05) is 0 Å². The molecule has 1 aliphatic rings. The van der Waals surface area contributed by atoms with Crippen LogP contribution in [0.5, 0.6) is 5.75 Å². The van der Waals surface area contributed by atoms with Crippen molar-refractivity contribution in [3.63, 3.8) is 0 Å². The average molecular weight is 390 g/mol. The van der Waals surface area contributed by atoms with Crippen molar-refractivity contribution in [2.75, 3.05) is 32.6 Å². The molecule has 4 heteroatoms. The van der Waals surface area contributed by atoms with Gasteiger partial charge in [-0.2, -0.15) is 6.42 Å². The molecule has 0 spiro atoms. The predicted octanol–water partition coefficient (Wildman–Crippen LogP) is 0.0125. The minimum Gasteiger partial charge on any atom is -1.00 e. The maximum atomic E-state index is 5.67. The van der Waals surface area contributed by atoms with Crippen LogP contribution >= 0.6 is 0 Å². The van der Waals surface area contributed by atoms with Crippen LogP contribution in [0.1, 0.15) is 6.42 Å². The Labute approximate surface area is 156 Å². The van der Waals surface area contributed by atoms with Crippen molar-refractivity contribution in [2.24, 2.45) is 0 Å². The van der Waals surface area contributed by atoms with Crippen LogP contribution in [0.4, 0.5) is 5.69 Å². The summed E-state index contributed by atoms with van der Waals surface area (Å²) in [4.78, 5) is 3.49. The number of quaternary nitrogens is 1. The zero-order chi connectivity index (χ0) is 16.8. The molecular weight excluding hydrogens is 364 g/mol. The molecule has 24 heavy (non-hydrogen) atoms. The number of rotatable bonds is 3. The number of ether oxygens (including phenoxy) is 1. The van der Waals surface area contributed by atoms with Crippen molar-refractivity contribution in [3.8, 4) is 16.9 Å². The molecule has 130 valence electrons. The third kappa shape index (κ3) is 5.11. The molecule has 0 unspecified atom stereocenters. The van der Waals surface area contributed by atoms with Crippen molar-refractivity contribution in [1.82, 2.24) is 0 Å². The first-order valence-electron chi connectivity index (χ1n) is 7.92. The molecule has 0 bridgehead atoms. The molecule has 0 saturated carbocycles. The van der Waals surface area contributed by atoms with E-state index in [9.17, 15) is 0 Å². The van der Waals surface area contributed by atoms with Crippen molar-refractivity contribution in [3.05, 3.63) is 67.9 Å². The van der Waals surface area contributed by atoms with Crippen molar-refractivity contribution >= 4 is 5.69 Å². The first-order chi connectivity index (χ1) is 11.0. The van der Waals surface area contributed by atoms with E-state index in [2.05, 4.69) is 63.8 Å². The van der Waals surface area contributed by atoms with Gasteiger partial charge in [-0.05, 0) is 36.4 Å². The molecule has 2 aromatic rings. The van der Waals surface area contributed by atoms with Gasteiger partial charge in [0.25, 0.3) is 0 Å². The molecule has 0 saturated heterocycles. The summed E-state index contributed by atoms with van der Waals surface area (Å²) in [6.07, 6.45) is 0.817. The fourth-order valence-corrected chi connectivity index (χ4v) is 2.34. The molecule has 3 nitrogen and oxygen atoms in total. The minimum atomic E-state index is 0. The lowest BCUT2D eigenvalue weighted by molar-refractivity contribution is -0.836. The Morgan fingerprint density at radius 2 is 1.67 bits per heavy atom. The Kier molecular flexibility index (Phi) is 8.02. The molecule has 0 fully saturated rings. The second-order valence-electron chi connectivity index (χ2n) is 6.05. The van der Waals surface area contributed by atoms with Crippen molar-refractivity contribution < 1.29 is 26.6 Å². The number of anilines is 1. The van der Waals surface area contributed by atoms with Gasteiger partial charge in [0.2, 0.25) is 0 Å². The molecule has 1 heterocycles. The first kappa shape index (κ1) is 20.3. The predicted molar refractivity (Wildman–Crippen MR) is 97.7 cm³/mol. The Morgan fingerprint density at radius 3 is 2.25 bits per heavy atom. The summed E-state index contributed by atoms with van der Waals surface area (Å²) < 4.78 is 5.67. The minimum absolute atomic E-state index is 0. The number of benzene rings is 2. The maximum absolute atomic E-state index is 5.67. The number of hydrogen-bond donors (Lipinski definition) is 1. The van der Waals surface area contributed by atoms with E-state index in [0.29, 0.717) is 5.88 Å². The fourth-order valence-electron chi connectivity index (χ4n) is 2.34. The Hall–Kier alpha value is -1.78. The molecule has 2 aromatic carbocycles. The van der Waals surface area contributed by atoms with E-state index < -0.39 is 0 Å². The van der Waals surface area contributed by atoms with E-state index in [1.807, 2.05) is 24.3 Å². The zero-order valence-corrected chi connectivity index (χ0v) is 16.3. The van der Waals surface area contributed by atoms with Crippen LogP contribution in [-0.2, 0) is 0 Å². The van der Waals surface area contributed by atoms with Crippen LogP contribution in [0.15, 0.2) is 61.0 Å². The van der Waals surface area contributed by atoms with Gasteiger partial charge in [-0.3, -0.25) is 0 Å². The third-order valence-electron chi connectivity index (χ3n) is 3.27. The topological polar surface area (TPSA) is 16.9 Å². The zero-order valence-electron chi connectivity index (χ0n) is 14.7. The van der Waals surface area contributed by atoms with E-state index >= 15 is 0 Å². The van der Waals surface area contributed by atoms with Crippen LogP contribution in [-0.4, -0.2) is 27.7 Å². The van der Waals surface area contributed by atoms with E-state index in [4.69, 9.17) is 4.74 Å². The highest BCUT2D eigenvalue weighted by Crippen LogP contribution is 2.40. The number of nitrogens with zero attached hydrogens (tertiary/aromatic N) is 1. The average Bonchev–Trinajstić information content (AvgIpc) is 2.83. The third-order valence-corrected chi connectivity index (χ3v) is 3.27. The lowest BCUT2D eigenvalue weighted by Gasteiger charge is -2.18. The lowest BCUT2D eigenvalue weighted by atomic mass is 10.0. The number of halogens is 1.